The maximum atomic E-state index is 13.1. The Morgan fingerprint density at radius 2 is 1.97 bits per heavy atom. The molecule has 1 aliphatic rings. The van der Waals surface area contributed by atoms with E-state index in [0.717, 1.165) is 18.5 Å². The second kappa shape index (κ2) is 10.1. The van der Waals surface area contributed by atoms with E-state index in [1.165, 1.54) is 23.9 Å². The summed E-state index contributed by atoms with van der Waals surface area (Å²) in [6.07, 6.45) is 3.53. The van der Waals surface area contributed by atoms with Crippen LogP contribution >= 0.6 is 23.4 Å². The maximum Gasteiger partial charge on any atom is 0.337 e. The summed E-state index contributed by atoms with van der Waals surface area (Å²) in [5.41, 5.74) is 1.37. The Morgan fingerprint density at radius 1 is 1.18 bits per heavy atom. The molecule has 0 unspecified atom stereocenters. The molecule has 2 aromatic carbocycles. The number of aliphatic imine (C=N–C) groups is 1. The van der Waals surface area contributed by atoms with E-state index in [0.29, 0.717) is 33.7 Å². The van der Waals surface area contributed by atoms with Crippen molar-refractivity contribution in [1.29, 1.82) is 0 Å². The average Bonchev–Trinajstić information content (AvgIpc) is 3.38. The lowest BCUT2D eigenvalue weighted by Crippen LogP contribution is -2.30. The molecule has 1 N–H and O–H groups in total. The first-order valence-electron chi connectivity index (χ1n) is 10.4. The molecule has 6 nitrogen and oxygen atoms in total. The topological polar surface area (TPSA) is 83.1 Å². The summed E-state index contributed by atoms with van der Waals surface area (Å²) in [5, 5.41) is 10.1. The van der Waals surface area contributed by atoms with Crippen molar-refractivity contribution >= 4 is 52.2 Å². The molecule has 0 saturated carbocycles. The number of hydrogen-bond acceptors (Lipinski definition) is 5. The van der Waals surface area contributed by atoms with Gasteiger partial charge in [-0.05, 0) is 60.6 Å². The first-order valence-corrected chi connectivity index (χ1v) is 11.6. The summed E-state index contributed by atoms with van der Waals surface area (Å²) in [5.74, 6) is -0.247. The highest BCUT2D eigenvalue weighted by molar-refractivity contribution is 8.18. The normalized spacial score (nSPS) is 16.2. The van der Waals surface area contributed by atoms with E-state index in [4.69, 9.17) is 16.0 Å². The van der Waals surface area contributed by atoms with Gasteiger partial charge in [-0.15, -0.1) is 0 Å². The van der Waals surface area contributed by atoms with E-state index >= 15 is 0 Å². The van der Waals surface area contributed by atoms with Gasteiger partial charge in [0, 0.05) is 18.2 Å². The predicted molar refractivity (Wildman–Crippen MR) is 132 cm³/mol. The van der Waals surface area contributed by atoms with E-state index < -0.39 is 5.97 Å². The van der Waals surface area contributed by atoms with E-state index in [9.17, 15) is 14.7 Å². The number of thioether (sulfide) groups is 1. The van der Waals surface area contributed by atoms with E-state index in [2.05, 4.69) is 11.9 Å². The SMILES string of the molecule is CCCCN1C(=O)/C(=C\c2ccc(-c3ccc(Cl)c(C(=O)O)c3)o2)SC1=Nc1ccccc1. The molecule has 3 aromatic rings. The van der Waals surface area contributed by atoms with Crippen LogP contribution in [0.15, 0.2) is 75.0 Å². The number of amides is 1. The quantitative estimate of drug-likeness (QED) is 0.380. The zero-order chi connectivity index (χ0) is 23.4. The number of carboxylic acid groups (broad SMARTS) is 1. The Bertz CT molecular complexity index is 1250. The van der Waals surface area contributed by atoms with E-state index in [-0.39, 0.29) is 16.5 Å². The van der Waals surface area contributed by atoms with Crippen LogP contribution < -0.4 is 0 Å². The standard InChI is InChI=1S/C25H21ClN2O4S/c1-2-3-13-28-23(29)22(33-25(28)27-17-7-5-4-6-8-17)15-18-10-12-21(32-18)16-9-11-20(26)19(14-16)24(30)31/h4-12,14-15H,2-3,13H2,1H3,(H,30,31)/b22-15+,27-25?. The number of para-hydroxylation sites is 1. The van der Waals surface area contributed by atoms with Crippen LogP contribution in [-0.4, -0.2) is 33.6 Å². The lowest BCUT2D eigenvalue weighted by molar-refractivity contribution is -0.122. The Labute approximate surface area is 200 Å². The number of amidine groups is 1. The van der Waals surface area contributed by atoms with Crippen LogP contribution in [0.25, 0.3) is 17.4 Å². The number of carboxylic acids is 1. The minimum absolute atomic E-state index is 0.000304. The molecule has 0 atom stereocenters. The van der Waals surface area contributed by atoms with Gasteiger partial charge in [-0.1, -0.05) is 43.1 Å². The maximum absolute atomic E-state index is 13.1. The number of hydrogen-bond donors (Lipinski definition) is 1. The molecule has 4 rings (SSSR count). The highest BCUT2D eigenvalue weighted by Crippen LogP contribution is 2.35. The molecule has 0 aliphatic carbocycles. The van der Waals surface area contributed by atoms with Crippen LogP contribution in [0, 0.1) is 0 Å². The average molecular weight is 481 g/mol. The molecule has 33 heavy (non-hydrogen) atoms. The second-order valence-electron chi connectivity index (χ2n) is 7.35. The molecule has 0 radical (unpaired) electrons. The number of carbonyl (C=O) groups excluding carboxylic acids is 1. The van der Waals surface area contributed by atoms with Gasteiger partial charge in [-0.25, -0.2) is 9.79 Å². The van der Waals surface area contributed by atoms with Gasteiger partial charge in [0.15, 0.2) is 5.17 Å². The van der Waals surface area contributed by atoms with Crippen molar-refractivity contribution < 1.29 is 19.1 Å². The van der Waals surface area contributed by atoms with Crippen molar-refractivity contribution in [2.24, 2.45) is 4.99 Å². The summed E-state index contributed by atoms with van der Waals surface area (Å²) >= 11 is 7.27. The molecular weight excluding hydrogens is 460 g/mol. The third kappa shape index (κ3) is 5.21. The summed E-state index contributed by atoms with van der Waals surface area (Å²) in [7, 11) is 0. The molecule has 1 aliphatic heterocycles. The zero-order valence-electron chi connectivity index (χ0n) is 17.8. The first-order chi connectivity index (χ1) is 16.0. The van der Waals surface area contributed by atoms with Gasteiger partial charge in [0.1, 0.15) is 11.5 Å². The van der Waals surface area contributed by atoms with Crippen molar-refractivity contribution in [2.45, 2.75) is 19.8 Å². The molecule has 2 heterocycles. The van der Waals surface area contributed by atoms with Crippen LogP contribution in [0.2, 0.25) is 5.02 Å². The minimum atomic E-state index is -1.11. The molecule has 1 amide bonds. The van der Waals surface area contributed by atoms with Crippen molar-refractivity contribution in [3.05, 3.63) is 81.9 Å². The second-order valence-corrected chi connectivity index (χ2v) is 8.77. The molecule has 8 heteroatoms. The molecule has 0 spiro atoms. The number of rotatable bonds is 7. The monoisotopic (exact) mass is 480 g/mol. The Morgan fingerprint density at radius 3 is 2.70 bits per heavy atom. The molecule has 168 valence electrons. The van der Waals surface area contributed by atoms with Crippen LogP contribution in [-0.2, 0) is 4.79 Å². The Kier molecular flexibility index (Phi) is 7.01. The van der Waals surface area contributed by atoms with Crippen LogP contribution in [0.1, 0.15) is 35.9 Å². The fourth-order valence-electron chi connectivity index (χ4n) is 3.27. The molecule has 1 fully saturated rings. The summed E-state index contributed by atoms with van der Waals surface area (Å²) in [4.78, 5) is 31.3. The number of furan rings is 1. The fourth-order valence-corrected chi connectivity index (χ4v) is 4.48. The molecule has 0 bridgehead atoms. The number of halogens is 1. The minimum Gasteiger partial charge on any atom is -0.478 e. The van der Waals surface area contributed by atoms with Crippen molar-refractivity contribution in [1.82, 2.24) is 4.90 Å². The number of unbranched alkanes of at least 4 members (excludes halogenated alkanes) is 1. The fraction of sp³-hybridized carbons (Fsp3) is 0.160. The van der Waals surface area contributed by atoms with Crippen LogP contribution in [0.5, 0.6) is 0 Å². The molecular formula is C25H21ClN2O4S. The van der Waals surface area contributed by atoms with Crippen molar-refractivity contribution in [3.8, 4) is 11.3 Å². The molecule has 1 saturated heterocycles. The third-order valence-corrected chi connectivity index (χ3v) is 6.32. The zero-order valence-corrected chi connectivity index (χ0v) is 19.4. The predicted octanol–water partition coefficient (Wildman–Crippen LogP) is 6.70. The van der Waals surface area contributed by atoms with E-state index in [1.54, 1.807) is 29.2 Å². The highest BCUT2D eigenvalue weighted by atomic mass is 35.5. The lowest BCUT2D eigenvalue weighted by Gasteiger charge is -2.14. The van der Waals surface area contributed by atoms with Gasteiger partial charge in [0.2, 0.25) is 0 Å². The van der Waals surface area contributed by atoms with Crippen molar-refractivity contribution in [2.75, 3.05) is 6.54 Å². The summed E-state index contributed by atoms with van der Waals surface area (Å²) in [6, 6.07) is 17.7. The molecule has 1 aromatic heterocycles. The Balaban J connectivity index is 1.62. The van der Waals surface area contributed by atoms with E-state index in [1.807, 2.05) is 30.3 Å². The van der Waals surface area contributed by atoms with Crippen molar-refractivity contribution in [3.63, 3.8) is 0 Å². The van der Waals surface area contributed by atoms with Crippen LogP contribution in [0.3, 0.4) is 0 Å². The van der Waals surface area contributed by atoms with Gasteiger partial charge < -0.3 is 9.52 Å². The van der Waals surface area contributed by atoms with Gasteiger partial charge in [-0.2, -0.15) is 0 Å². The van der Waals surface area contributed by atoms with Crippen LogP contribution in [0.4, 0.5) is 5.69 Å². The van der Waals surface area contributed by atoms with Gasteiger partial charge in [0.25, 0.3) is 5.91 Å². The van der Waals surface area contributed by atoms with Gasteiger partial charge in [-0.3, -0.25) is 9.69 Å². The number of nitrogens with zero attached hydrogens (tertiary/aromatic N) is 2. The number of aromatic carboxylic acids is 1. The van der Waals surface area contributed by atoms with Gasteiger partial charge in [0.05, 0.1) is 21.2 Å². The smallest absolute Gasteiger partial charge is 0.337 e. The van der Waals surface area contributed by atoms with Gasteiger partial charge >= 0.3 is 5.97 Å². The first kappa shape index (κ1) is 22.9. The largest absolute Gasteiger partial charge is 0.478 e. The number of benzene rings is 2. The summed E-state index contributed by atoms with van der Waals surface area (Å²) in [6.45, 7) is 2.67. The highest BCUT2D eigenvalue weighted by Gasteiger charge is 2.33. The number of carbonyl (C=O) groups is 2. The third-order valence-electron chi connectivity index (χ3n) is 4.99. The Hall–Kier alpha value is -3.29. The lowest BCUT2D eigenvalue weighted by atomic mass is 10.1. The summed E-state index contributed by atoms with van der Waals surface area (Å²) < 4.78 is 5.89.